The molecule has 0 unspecified atom stereocenters. The minimum atomic E-state index is -4.00. The largest absolute Gasteiger partial charge is 0.386 e. The highest BCUT2D eigenvalue weighted by atomic mass is 79.9. The summed E-state index contributed by atoms with van der Waals surface area (Å²) in [5.41, 5.74) is 1.15. The number of hydrogen-bond acceptors (Lipinski definition) is 0. The van der Waals surface area contributed by atoms with Gasteiger partial charge in [0.25, 0.3) is 0 Å². The molecule has 0 atom stereocenters. The molecule has 0 amide bonds. The van der Waals surface area contributed by atoms with Crippen LogP contribution >= 0.6 is 15.9 Å². The molecule has 0 saturated heterocycles. The molecule has 0 aromatic carbocycles. The summed E-state index contributed by atoms with van der Waals surface area (Å²) in [5, 5.41) is 0.850. The zero-order valence-electron chi connectivity index (χ0n) is 7.37. The summed E-state index contributed by atoms with van der Waals surface area (Å²) in [6.07, 6.45) is 1.47. The molecular formula is C9H12BrF3. The molecule has 76 valence electrons. The standard InChI is InChI=1S/C7H9Br.C2H3F3/c1-3-5-7(4-2)6-8;1-2(3,4)5/h3-5H,1-2,6H2;1H3/b7-5+;. The highest BCUT2D eigenvalue weighted by Crippen LogP contribution is 2.10. The van der Waals surface area contributed by atoms with Gasteiger partial charge in [-0.05, 0) is 5.57 Å². The average Bonchev–Trinajstić information content (AvgIpc) is 1.97. The van der Waals surface area contributed by atoms with Gasteiger partial charge >= 0.3 is 6.18 Å². The van der Waals surface area contributed by atoms with Gasteiger partial charge in [-0.1, -0.05) is 47.3 Å². The van der Waals surface area contributed by atoms with Gasteiger partial charge in [0.2, 0.25) is 0 Å². The fraction of sp³-hybridized carbons (Fsp3) is 0.333. The minimum Gasteiger partial charge on any atom is -0.172 e. The second-order valence-corrected chi connectivity index (χ2v) is 2.66. The Hall–Kier alpha value is -0.510. The molecule has 0 spiro atoms. The second kappa shape index (κ2) is 8.10. The highest BCUT2D eigenvalue weighted by Gasteiger charge is 2.15. The third kappa shape index (κ3) is 24.6. The van der Waals surface area contributed by atoms with Crippen molar-refractivity contribution in [2.24, 2.45) is 0 Å². The smallest absolute Gasteiger partial charge is 0.172 e. The van der Waals surface area contributed by atoms with Gasteiger partial charge in [0.1, 0.15) is 0 Å². The van der Waals surface area contributed by atoms with E-state index >= 15 is 0 Å². The summed E-state index contributed by atoms with van der Waals surface area (Å²) in [6.45, 7) is 7.34. The van der Waals surface area contributed by atoms with Crippen LogP contribution in [0, 0.1) is 0 Å². The lowest BCUT2D eigenvalue weighted by Gasteiger charge is -1.88. The molecule has 0 heterocycles. The van der Waals surface area contributed by atoms with Gasteiger partial charge in [0.15, 0.2) is 0 Å². The monoisotopic (exact) mass is 256 g/mol. The van der Waals surface area contributed by atoms with Crippen molar-refractivity contribution in [3.8, 4) is 0 Å². The van der Waals surface area contributed by atoms with Crippen LogP contribution in [0.5, 0.6) is 0 Å². The first-order chi connectivity index (χ1) is 5.85. The number of alkyl halides is 4. The minimum absolute atomic E-state index is 0.188. The Kier molecular flexibility index (Phi) is 9.34. The summed E-state index contributed by atoms with van der Waals surface area (Å²) in [5.74, 6) is 0. The van der Waals surface area contributed by atoms with Gasteiger partial charge < -0.3 is 0 Å². The Balaban J connectivity index is 0. The molecule has 0 aliphatic carbocycles. The van der Waals surface area contributed by atoms with E-state index in [9.17, 15) is 13.2 Å². The van der Waals surface area contributed by atoms with Crippen molar-refractivity contribution in [2.45, 2.75) is 13.1 Å². The van der Waals surface area contributed by atoms with E-state index in [1.54, 1.807) is 12.2 Å². The summed E-state index contributed by atoms with van der Waals surface area (Å²) < 4.78 is 31.1. The molecule has 0 bridgehead atoms. The molecule has 0 aromatic heterocycles. The Labute approximate surface area is 85.0 Å². The molecule has 0 N–H and O–H groups in total. The normalized spacial score (nSPS) is 11.3. The van der Waals surface area contributed by atoms with Crippen LogP contribution in [-0.4, -0.2) is 11.5 Å². The first kappa shape index (κ1) is 15.0. The van der Waals surface area contributed by atoms with Crippen molar-refractivity contribution in [3.05, 3.63) is 37.0 Å². The first-order valence-electron chi connectivity index (χ1n) is 3.41. The van der Waals surface area contributed by atoms with Crippen LogP contribution in [0.2, 0.25) is 0 Å². The quantitative estimate of drug-likeness (QED) is 0.523. The predicted molar refractivity (Wildman–Crippen MR) is 54.0 cm³/mol. The van der Waals surface area contributed by atoms with E-state index in [1.165, 1.54) is 0 Å². The summed E-state index contributed by atoms with van der Waals surface area (Å²) in [7, 11) is 0. The van der Waals surface area contributed by atoms with E-state index in [0.29, 0.717) is 0 Å². The molecule has 0 aliphatic heterocycles. The topological polar surface area (TPSA) is 0 Å². The fourth-order valence-electron chi connectivity index (χ4n) is 0.319. The maximum absolute atomic E-state index is 10.4. The Morgan fingerprint density at radius 1 is 1.38 bits per heavy atom. The Bertz CT molecular complexity index is 174. The van der Waals surface area contributed by atoms with E-state index in [2.05, 4.69) is 29.1 Å². The SMILES string of the molecule is C=C/C=C(\C=C)CBr.CC(F)(F)F. The molecule has 0 aliphatic rings. The number of halogens is 4. The van der Waals surface area contributed by atoms with Crippen molar-refractivity contribution in [3.63, 3.8) is 0 Å². The number of rotatable bonds is 3. The third-order valence-corrected chi connectivity index (χ3v) is 1.40. The highest BCUT2D eigenvalue weighted by molar-refractivity contribution is 9.09. The van der Waals surface area contributed by atoms with E-state index in [1.807, 2.05) is 6.08 Å². The van der Waals surface area contributed by atoms with Crippen molar-refractivity contribution in [1.82, 2.24) is 0 Å². The van der Waals surface area contributed by atoms with Crippen molar-refractivity contribution < 1.29 is 13.2 Å². The Morgan fingerprint density at radius 2 is 1.77 bits per heavy atom. The number of allylic oxidation sites excluding steroid dienone is 4. The van der Waals surface area contributed by atoms with Crippen LogP contribution < -0.4 is 0 Å². The van der Waals surface area contributed by atoms with Gasteiger partial charge in [-0.2, -0.15) is 13.2 Å². The van der Waals surface area contributed by atoms with Gasteiger partial charge in [-0.3, -0.25) is 0 Å². The molecule has 0 rings (SSSR count). The third-order valence-electron chi connectivity index (χ3n) is 0.748. The van der Waals surface area contributed by atoms with Gasteiger partial charge in [0.05, 0.1) is 0 Å². The van der Waals surface area contributed by atoms with Gasteiger partial charge in [0, 0.05) is 12.3 Å². The molecule has 0 radical (unpaired) electrons. The lowest BCUT2D eigenvalue weighted by molar-refractivity contribution is -0.110. The van der Waals surface area contributed by atoms with Crippen LogP contribution in [0.3, 0.4) is 0 Å². The summed E-state index contributed by atoms with van der Waals surface area (Å²) in [6, 6.07) is 0. The lowest BCUT2D eigenvalue weighted by atomic mass is 10.3. The number of hydrogen-bond donors (Lipinski definition) is 0. The van der Waals surface area contributed by atoms with Crippen molar-refractivity contribution in [1.29, 1.82) is 0 Å². The van der Waals surface area contributed by atoms with E-state index in [-0.39, 0.29) is 6.92 Å². The van der Waals surface area contributed by atoms with E-state index in [0.717, 1.165) is 10.9 Å². The second-order valence-electron chi connectivity index (χ2n) is 2.10. The molecule has 0 nitrogen and oxygen atoms in total. The Morgan fingerprint density at radius 3 is 1.85 bits per heavy atom. The van der Waals surface area contributed by atoms with Crippen molar-refractivity contribution in [2.75, 3.05) is 5.33 Å². The zero-order chi connectivity index (χ0) is 10.9. The van der Waals surface area contributed by atoms with E-state index in [4.69, 9.17) is 0 Å². The molecule has 0 fully saturated rings. The molecule has 0 saturated carbocycles. The average molecular weight is 257 g/mol. The lowest BCUT2D eigenvalue weighted by Crippen LogP contribution is -1.95. The van der Waals surface area contributed by atoms with E-state index < -0.39 is 6.18 Å². The molecular weight excluding hydrogens is 245 g/mol. The predicted octanol–water partition coefficient (Wildman–Crippen LogP) is 4.25. The van der Waals surface area contributed by atoms with Crippen molar-refractivity contribution >= 4 is 15.9 Å². The van der Waals surface area contributed by atoms with Crippen LogP contribution in [0.15, 0.2) is 37.0 Å². The fourth-order valence-corrected chi connectivity index (χ4v) is 0.734. The van der Waals surface area contributed by atoms with Crippen LogP contribution in [0.4, 0.5) is 13.2 Å². The van der Waals surface area contributed by atoms with Gasteiger partial charge in [-0.15, -0.1) is 0 Å². The first-order valence-corrected chi connectivity index (χ1v) is 4.54. The zero-order valence-corrected chi connectivity index (χ0v) is 8.95. The molecule has 0 aromatic rings. The van der Waals surface area contributed by atoms with Crippen LogP contribution in [0.25, 0.3) is 0 Å². The van der Waals surface area contributed by atoms with Crippen LogP contribution in [0.1, 0.15) is 6.92 Å². The summed E-state index contributed by atoms with van der Waals surface area (Å²) in [4.78, 5) is 0. The maximum Gasteiger partial charge on any atom is 0.386 e. The maximum atomic E-state index is 10.4. The molecule has 13 heavy (non-hydrogen) atoms. The summed E-state index contributed by atoms with van der Waals surface area (Å²) >= 11 is 3.29. The van der Waals surface area contributed by atoms with Gasteiger partial charge in [-0.25, -0.2) is 0 Å². The molecule has 4 heteroatoms. The van der Waals surface area contributed by atoms with Crippen LogP contribution in [-0.2, 0) is 0 Å².